The van der Waals surface area contributed by atoms with Gasteiger partial charge in [-0.25, -0.2) is 0 Å². The van der Waals surface area contributed by atoms with Crippen LogP contribution in [0.3, 0.4) is 0 Å². The third-order valence-electron chi connectivity index (χ3n) is 3.93. The van der Waals surface area contributed by atoms with Gasteiger partial charge in [0.2, 0.25) is 25.0 Å². The highest BCUT2D eigenvalue weighted by molar-refractivity contribution is 6.02. The highest BCUT2D eigenvalue weighted by Gasteiger charge is 2.12. The van der Waals surface area contributed by atoms with Crippen LogP contribution in [-0.4, -0.2) is 22.9 Å². The van der Waals surface area contributed by atoms with Gasteiger partial charge in [0.05, 0.1) is 0 Å². The standard InChI is InChI=1S/C19H15N3O4/c1-12-2-5-14(19-22-20-10-24-19)9-15(12)21-18(23)7-4-13-3-6-16-17(8-13)26-11-25-16/h2-10H,11H2,1H3,(H,21,23)/b7-4+. The number of hydrogen-bond acceptors (Lipinski definition) is 6. The van der Waals surface area contributed by atoms with Crippen molar-refractivity contribution in [3.8, 4) is 23.0 Å². The lowest BCUT2D eigenvalue weighted by Gasteiger charge is -2.07. The van der Waals surface area contributed by atoms with Crippen molar-refractivity contribution in [1.29, 1.82) is 0 Å². The molecule has 7 nitrogen and oxygen atoms in total. The minimum Gasteiger partial charge on any atom is -0.454 e. The summed E-state index contributed by atoms with van der Waals surface area (Å²) in [5.74, 6) is 1.54. The molecule has 0 saturated heterocycles. The summed E-state index contributed by atoms with van der Waals surface area (Å²) in [6, 6.07) is 11.1. The van der Waals surface area contributed by atoms with Crippen LogP contribution in [-0.2, 0) is 4.79 Å². The van der Waals surface area contributed by atoms with E-state index in [9.17, 15) is 4.79 Å². The number of fused-ring (bicyclic) bond motifs is 1. The quantitative estimate of drug-likeness (QED) is 0.726. The number of ether oxygens (including phenoxy) is 2. The van der Waals surface area contributed by atoms with Crippen LogP contribution >= 0.6 is 0 Å². The summed E-state index contributed by atoms with van der Waals surface area (Å²) in [4.78, 5) is 12.3. The Morgan fingerprint density at radius 3 is 2.88 bits per heavy atom. The van der Waals surface area contributed by atoms with Gasteiger partial charge >= 0.3 is 0 Å². The van der Waals surface area contributed by atoms with E-state index >= 15 is 0 Å². The number of amides is 1. The average molecular weight is 349 g/mol. The summed E-state index contributed by atoms with van der Waals surface area (Å²) in [6.07, 6.45) is 4.45. The zero-order valence-corrected chi connectivity index (χ0v) is 13.9. The van der Waals surface area contributed by atoms with Gasteiger partial charge in [0, 0.05) is 17.3 Å². The van der Waals surface area contributed by atoms with Crippen LogP contribution in [0.4, 0.5) is 5.69 Å². The van der Waals surface area contributed by atoms with Gasteiger partial charge < -0.3 is 19.2 Å². The van der Waals surface area contributed by atoms with Gasteiger partial charge in [0.15, 0.2) is 11.5 Å². The van der Waals surface area contributed by atoms with Gasteiger partial charge in [-0.2, -0.15) is 0 Å². The Kier molecular flexibility index (Phi) is 4.10. The fourth-order valence-corrected chi connectivity index (χ4v) is 2.55. The number of rotatable bonds is 4. The molecule has 2 heterocycles. The van der Waals surface area contributed by atoms with Crippen LogP contribution in [0, 0.1) is 6.92 Å². The Morgan fingerprint density at radius 2 is 2.04 bits per heavy atom. The third kappa shape index (κ3) is 3.27. The van der Waals surface area contributed by atoms with E-state index in [2.05, 4.69) is 15.5 Å². The average Bonchev–Trinajstić information content (AvgIpc) is 3.33. The van der Waals surface area contributed by atoms with E-state index in [0.717, 1.165) is 16.7 Å². The lowest BCUT2D eigenvalue weighted by Crippen LogP contribution is -2.09. The van der Waals surface area contributed by atoms with E-state index in [1.165, 1.54) is 12.5 Å². The van der Waals surface area contributed by atoms with Crippen LogP contribution in [0.2, 0.25) is 0 Å². The van der Waals surface area contributed by atoms with Gasteiger partial charge in [-0.3, -0.25) is 4.79 Å². The first-order valence-electron chi connectivity index (χ1n) is 7.95. The molecule has 2 aromatic carbocycles. The largest absolute Gasteiger partial charge is 0.454 e. The second-order valence-electron chi connectivity index (χ2n) is 5.71. The van der Waals surface area contributed by atoms with Gasteiger partial charge in [-0.15, -0.1) is 10.2 Å². The topological polar surface area (TPSA) is 86.5 Å². The SMILES string of the molecule is Cc1ccc(-c2nnco2)cc1NC(=O)/C=C/c1ccc2c(c1)OCO2. The number of carbonyl (C=O) groups is 1. The number of anilines is 1. The molecule has 26 heavy (non-hydrogen) atoms. The number of carbonyl (C=O) groups excluding carboxylic acids is 1. The van der Waals surface area contributed by atoms with Crippen molar-refractivity contribution in [3.63, 3.8) is 0 Å². The molecule has 1 aliphatic rings. The minimum absolute atomic E-state index is 0.221. The van der Waals surface area contributed by atoms with Crippen LogP contribution in [0.25, 0.3) is 17.5 Å². The number of aromatic nitrogens is 2. The van der Waals surface area contributed by atoms with Crippen LogP contribution in [0.15, 0.2) is 53.3 Å². The summed E-state index contributed by atoms with van der Waals surface area (Å²) < 4.78 is 15.8. The first-order valence-corrected chi connectivity index (χ1v) is 7.95. The monoisotopic (exact) mass is 349 g/mol. The fraction of sp³-hybridized carbons (Fsp3) is 0.105. The van der Waals surface area contributed by atoms with Crippen LogP contribution < -0.4 is 14.8 Å². The number of nitrogens with zero attached hydrogens (tertiary/aromatic N) is 2. The van der Waals surface area contributed by atoms with E-state index < -0.39 is 0 Å². The fourth-order valence-electron chi connectivity index (χ4n) is 2.55. The van der Waals surface area contributed by atoms with E-state index in [-0.39, 0.29) is 12.7 Å². The first-order chi connectivity index (χ1) is 12.7. The van der Waals surface area contributed by atoms with Crippen molar-refractivity contribution < 1.29 is 18.7 Å². The first kappa shape index (κ1) is 15.9. The summed E-state index contributed by atoms with van der Waals surface area (Å²) in [7, 11) is 0. The van der Waals surface area contributed by atoms with E-state index in [0.29, 0.717) is 23.1 Å². The molecule has 0 aliphatic carbocycles. The van der Waals surface area contributed by atoms with Crippen molar-refractivity contribution in [2.45, 2.75) is 6.92 Å². The van der Waals surface area contributed by atoms with Crippen LogP contribution in [0.1, 0.15) is 11.1 Å². The van der Waals surface area contributed by atoms with Gasteiger partial charge in [-0.1, -0.05) is 12.1 Å². The second-order valence-corrected chi connectivity index (χ2v) is 5.71. The highest BCUT2D eigenvalue weighted by atomic mass is 16.7. The highest BCUT2D eigenvalue weighted by Crippen LogP contribution is 2.32. The van der Waals surface area contributed by atoms with Crippen molar-refractivity contribution in [3.05, 3.63) is 60.0 Å². The van der Waals surface area contributed by atoms with Crippen molar-refractivity contribution in [2.75, 3.05) is 12.1 Å². The Hall–Kier alpha value is -3.61. The predicted molar refractivity (Wildman–Crippen MR) is 94.7 cm³/mol. The molecular weight excluding hydrogens is 334 g/mol. The van der Waals surface area contributed by atoms with Crippen LogP contribution in [0.5, 0.6) is 11.5 Å². The molecule has 0 saturated carbocycles. The molecule has 0 radical (unpaired) electrons. The smallest absolute Gasteiger partial charge is 0.248 e. The summed E-state index contributed by atoms with van der Waals surface area (Å²) in [5.41, 5.74) is 3.20. The molecule has 4 rings (SSSR count). The zero-order valence-electron chi connectivity index (χ0n) is 13.9. The van der Waals surface area contributed by atoms with E-state index in [1.807, 2.05) is 37.3 Å². The van der Waals surface area contributed by atoms with Crippen molar-refractivity contribution >= 4 is 17.7 Å². The Morgan fingerprint density at radius 1 is 1.15 bits per heavy atom. The lowest BCUT2D eigenvalue weighted by atomic mass is 10.1. The normalized spacial score (nSPS) is 12.5. The Labute approximate surface area is 149 Å². The Bertz CT molecular complexity index is 980. The minimum atomic E-state index is -0.242. The summed E-state index contributed by atoms with van der Waals surface area (Å²) in [5, 5.41) is 10.4. The molecule has 130 valence electrons. The second kappa shape index (κ2) is 6.72. The number of hydrogen-bond donors (Lipinski definition) is 1. The maximum Gasteiger partial charge on any atom is 0.248 e. The third-order valence-corrected chi connectivity index (χ3v) is 3.93. The maximum absolute atomic E-state index is 12.3. The summed E-state index contributed by atoms with van der Waals surface area (Å²) >= 11 is 0. The van der Waals surface area contributed by atoms with E-state index in [1.54, 1.807) is 12.1 Å². The lowest BCUT2D eigenvalue weighted by molar-refractivity contribution is -0.111. The molecule has 0 fully saturated rings. The predicted octanol–water partition coefficient (Wildman–Crippen LogP) is 3.43. The maximum atomic E-state index is 12.3. The molecular formula is C19H15N3O4. The number of benzene rings is 2. The molecule has 7 heteroatoms. The molecule has 0 spiro atoms. The summed E-state index contributed by atoms with van der Waals surface area (Å²) in [6.45, 7) is 2.13. The van der Waals surface area contributed by atoms with Crippen molar-refractivity contribution in [2.24, 2.45) is 0 Å². The molecule has 0 unspecified atom stereocenters. The molecule has 1 aliphatic heterocycles. The molecule has 0 atom stereocenters. The molecule has 0 bridgehead atoms. The zero-order chi connectivity index (χ0) is 17.9. The molecule has 1 amide bonds. The molecule has 1 aromatic heterocycles. The van der Waals surface area contributed by atoms with Gasteiger partial charge in [0.1, 0.15) is 0 Å². The Balaban J connectivity index is 1.49. The molecule has 1 N–H and O–H groups in total. The number of nitrogens with one attached hydrogen (secondary N) is 1. The van der Waals surface area contributed by atoms with Crippen molar-refractivity contribution in [1.82, 2.24) is 10.2 Å². The number of aryl methyl sites for hydroxylation is 1. The van der Waals surface area contributed by atoms with Gasteiger partial charge in [0.25, 0.3) is 0 Å². The molecule has 3 aromatic rings. The van der Waals surface area contributed by atoms with Gasteiger partial charge in [-0.05, 0) is 48.4 Å². The van der Waals surface area contributed by atoms with E-state index in [4.69, 9.17) is 13.9 Å².